The Bertz CT molecular complexity index is 911. The smallest absolute Gasteiger partial charge is 0.252 e. The van der Waals surface area contributed by atoms with E-state index >= 15 is 0 Å². The van der Waals surface area contributed by atoms with Crippen molar-refractivity contribution >= 4 is 5.91 Å². The first-order valence-corrected chi connectivity index (χ1v) is 10.7. The van der Waals surface area contributed by atoms with Crippen LogP contribution in [0.5, 0.6) is 11.5 Å². The number of hydrogen-bond acceptors (Lipinski definition) is 5. The third-order valence-corrected chi connectivity index (χ3v) is 8.94. The Morgan fingerprint density at radius 3 is 2.62 bits per heavy atom. The van der Waals surface area contributed by atoms with Gasteiger partial charge in [0.05, 0.1) is 17.8 Å². The van der Waals surface area contributed by atoms with Crippen LogP contribution >= 0.6 is 0 Å². The Morgan fingerprint density at radius 2 is 1.90 bits per heavy atom. The predicted octanol–water partition coefficient (Wildman–Crippen LogP) is 2.51. The van der Waals surface area contributed by atoms with Crippen LogP contribution in [0.1, 0.15) is 68.4 Å². The van der Waals surface area contributed by atoms with Crippen LogP contribution in [-0.2, 0) is 13.0 Å². The van der Waals surface area contributed by atoms with Crippen molar-refractivity contribution in [2.75, 3.05) is 0 Å². The molecule has 1 aromatic rings. The molecule has 2 saturated carbocycles. The van der Waals surface area contributed by atoms with Gasteiger partial charge in [-0.25, -0.2) is 0 Å². The van der Waals surface area contributed by atoms with E-state index < -0.39 is 23.2 Å². The maximum atomic E-state index is 12.2. The molecule has 4 aliphatic rings. The van der Waals surface area contributed by atoms with Gasteiger partial charge in [0.2, 0.25) is 0 Å². The Kier molecular flexibility index (Phi) is 3.75. The first-order chi connectivity index (χ1) is 13.5. The number of carbonyl (C=O) groups excluding carboxylic acids is 1. The summed E-state index contributed by atoms with van der Waals surface area (Å²) < 4.78 is 6.82. The molecule has 0 aromatic heterocycles. The van der Waals surface area contributed by atoms with Crippen molar-refractivity contribution in [2.24, 2.45) is 22.7 Å². The van der Waals surface area contributed by atoms with Crippen LogP contribution in [0, 0.1) is 22.7 Å². The number of fused-ring (bicyclic) bond motifs is 5. The molecule has 29 heavy (non-hydrogen) atoms. The number of aliphatic hydroxyl groups excluding tert-OH is 2. The van der Waals surface area contributed by atoms with Gasteiger partial charge in [-0.05, 0) is 42.6 Å². The summed E-state index contributed by atoms with van der Waals surface area (Å²) in [6.07, 6.45) is 1.36. The van der Waals surface area contributed by atoms with Crippen LogP contribution in [0.15, 0.2) is 6.07 Å². The fourth-order valence-electron chi connectivity index (χ4n) is 7.32. The zero-order valence-corrected chi connectivity index (χ0v) is 17.6. The second kappa shape index (κ2) is 5.67. The molecule has 5 rings (SSSR count). The summed E-state index contributed by atoms with van der Waals surface area (Å²) in [5.41, 5.74) is 0.679. The highest BCUT2D eigenvalue weighted by atomic mass is 16.5. The van der Waals surface area contributed by atoms with Crippen molar-refractivity contribution in [3.63, 3.8) is 0 Å². The fourth-order valence-corrected chi connectivity index (χ4v) is 7.32. The highest BCUT2D eigenvalue weighted by molar-refractivity contribution is 6.00. The highest BCUT2D eigenvalue weighted by Gasteiger charge is 2.68. The summed E-state index contributed by atoms with van der Waals surface area (Å²) in [5, 5.41) is 35.1. The van der Waals surface area contributed by atoms with E-state index in [-0.39, 0.29) is 28.9 Å². The van der Waals surface area contributed by atoms with E-state index in [1.54, 1.807) is 6.07 Å². The lowest BCUT2D eigenvalue weighted by molar-refractivity contribution is -0.240. The number of aromatic hydroxyl groups is 1. The van der Waals surface area contributed by atoms with Gasteiger partial charge in [-0.3, -0.25) is 4.79 Å². The van der Waals surface area contributed by atoms with E-state index in [9.17, 15) is 20.1 Å². The fraction of sp³-hybridized carbons (Fsp3) is 0.696. The number of ether oxygens (including phenoxy) is 1. The highest BCUT2D eigenvalue weighted by Crippen LogP contribution is 2.67. The van der Waals surface area contributed by atoms with Crippen molar-refractivity contribution < 1.29 is 24.9 Å². The normalized spacial score (nSPS) is 42.1. The molecule has 6 atom stereocenters. The number of aliphatic hydroxyl groups is 2. The van der Waals surface area contributed by atoms with Gasteiger partial charge in [-0.1, -0.05) is 27.7 Å². The van der Waals surface area contributed by atoms with Crippen LogP contribution in [0.25, 0.3) is 0 Å². The number of amides is 1. The molecule has 1 spiro atoms. The molecule has 1 amide bonds. The van der Waals surface area contributed by atoms with Gasteiger partial charge in [-0.15, -0.1) is 0 Å². The van der Waals surface area contributed by atoms with Gasteiger partial charge in [-0.2, -0.15) is 0 Å². The van der Waals surface area contributed by atoms with Gasteiger partial charge >= 0.3 is 0 Å². The summed E-state index contributed by atoms with van der Waals surface area (Å²) >= 11 is 0. The van der Waals surface area contributed by atoms with Gasteiger partial charge in [0.15, 0.2) is 0 Å². The van der Waals surface area contributed by atoms with Crippen molar-refractivity contribution in [1.82, 2.24) is 5.32 Å². The summed E-state index contributed by atoms with van der Waals surface area (Å²) in [6.45, 7) is 8.89. The average molecular weight is 402 g/mol. The maximum absolute atomic E-state index is 12.2. The van der Waals surface area contributed by atoms with Gasteiger partial charge in [0.25, 0.3) is 5.91 Å². The number of phenols is 1. The zero-order chi connectivity index (χ0) is 20.9. The summed E-state index contributed by atoms with van der Waals surface area (Å²) in [5.74, 6) is 0.968. The van der Waals surface area contributed by atoms with E-state index in [4.69, 9.17) is 4.74 Å². The van der Waals surface area contributed by atoms with Crippen LogP contribution in [0.4, 0.5) is 0 Å². The van der Waals surface area contributed by atoms with E-state index in [1.165, 1.54) is 0 Å². The molecule has 4 N–H and O–H groups in total. The first-order valence-electron chi connectivity index (χ1n) is 10.7. The molecule has 0 bridgehead atoms. The second-order valence-corrected chi connectivity index (χ2v) is 10.6. The van der Waals surface area contributed by atoms with E-state index in [2.05, 4.69) is 19.2 Å². The molecule has 0 radical (unpaired) electrons. The third-order valence-electron chi connectivity index (χ3n) is 8.94. The van der Waals surface area contributed by atoms with Crippen molar-refractivity contribution in [2.45, 2.75) is 77.7 Å². The van der Waals surface area contributed by atoms with Crippen molar-refractivity contribution in [3.05, 3.63) is 22.8 Å². The minimum absolute atomic E-state index is 0.112. The Morgan fingerprint density at radius 1 is 1.17 bits per heavy atom. The molecular formula is C23H31NO5. The lowest BCUT2D eigenvalue weighted by atomic mass is 9.43. The number of phenolic OH excluding ortho intramolecular Hbond substituents is 1. The molecule has 0 saturated heterocycles. The second-order valence-electron chi connectivity index (χ2n) is 10.6. The summed E-state index contributed by atoms with van der Waals surface area (Å²) in [4.78, 5) is 12.2. The third kappa shape index (κ3) is 2.17. The molecule has 2 heterocycles. The number of hydrogen-bond donors (Lipinski definition) is 4. The predicted molar refractivity (Wildman–Crippen MR) is 107 cm³/mol. The van der Waals surface area contributed by atoms with Crippen molar-refractivity contribution in [3.8, 4) is 11.5 Å². The van der Waals surface area contributed by atoms with Crippen molar-refractivity contribution in [1.29, 1.82) is 0 Å². The molecule has 1 aromatic carbocycles. The minimum Gasteiger partial charge on any atom is -0.508 e. The van der Waals surface area contributed by atoms with Crippen LogP contribution in [0.2, 0.25) is 0 Å². The van der Waals surface area contributed by atoms with Gasteiger partial charge < -0.3 is 25.4 Å². The van der Waals surface area contributed by atoms with Crippen LogP contribution < -0.4 is 10.1 Å². The Hall–Kier alpha value is -1.79. The zero-order valence-electron chi connectivity index (χ0n) is 17.6. The molecule has 2 aliphatic carbocycles. The van der Waals surface area contributed by atoms with E-state index in [0.29, 0.717) is 30.7 Å². The number of benzene rings is 1. The number of carbonyl (C=O) groups is 1. The average Bonchev–Trinajstić information content (AvgIpc) is 3.22. The summed E-state index contributed by atoms with van der Waals surface area (Å²) in [7, 11) is 0. The maximum Gasteiger partial charge on any atom is 0.252 e. The molecule has 0 unspecified atom stereocenters. The largest absolute Gasteiger partial charge is 0.508 e. The molecule has 158 valence electrons. The Balaban J connectivity index is 1.66. The van der Waals surface area contributed by atoms with Gasteiger partial charge in [0.1, 0.15) is 17.1 Å². The Labute approximate surface area is 171 Å². The standard InChI is InChI=1S/C23H31NO5/c1-11-5-6-17-21(2,3)19(27)16(26)9-22(17,4)23(11)8-13-15(25)7-12-14(18(13)29-23)10-24-20(12)28/h7,11,16-17,19,25-27H,5-6,8-10H2,1-4H3,(H,24,28)/t11-,16-,17-,19-,22+,23+/m1/s1. The van der Waals surface area contributed by atoms with E-state index in [0.717, 1.165) is 24.0 Å². The molecule has 2 fully saturated rings. The van der Waals surface area contributed by atoms with Crippen LogP contribution in [0.3, 0.4) is 0 Å². The molecule has 6 heteroatoms. The number of rotatable bonds is 0. The SMILES string of the molecule is C[C@@H]1CC[C@@H]2C(C)(C)[C@H](O)[C@H](O)C[C@]2(C)[C@]12Cc1c(O)cc3c(c1O2)CNC3=O. The lowest BCUT2D eigenvalue weighted by Gasteiger charge is -2.64. The van der Waals surface area contributed by atoms with E-state index in [1.807, 2.05) is 13.8 Å². The minimum atomic E-state index is -0.816. The molecule has 6 nitrogen and oxygen atoms in total. The first kappa shape index (κ1) is 19.2. The molecule has 2 aliphatic heterocycles. The molecular weight excluding hydrogens is 370 g/mol. The van der Waals surface area contributed by atoms with Crippen LogP contribution in [-0.4, -0.2) is 39.0 Å². The monoisotopic (exact) mass is 401 g/mol. The van der Waals surface area contributed by atoms with Gasteiger partial charge in [0, 0.05) is 29.5 Å². The number of nitrogens with one attached hydrogen (secondary N) is 1. The quantitative estimate of drug-likeness (QED) is 0.535. The topological polar surface area (TPSA) is 99.0 Å². The lowest BCUT2D eigenvalue weighted by Crippen LogP contribution is -2.69. The summed E-state index contributed by atoms with van der Waals surface area (Å²) in [6, 6.07) is 1.57.